The molecule has 2 amide bonds. The van der Waals surface area contributed by atoms with E-state index in [1.165, 1.54) is 18.9 Å². The highest BCUT2D eigenvalue weighted by atomic mass is 16.5. The molecule has 0 aromatic heterocycles. The summed E-state index contributed by atoms with van der Waals surface area (Å²) in [5.41, 5.74) is 1.62. The van der Waals surface area contributed by atoms with Gasteiger partial charge in [-0.2, -0.15) is 0 Å². The molecule has 1 fully saturated rings. The number of anilines is 1. The number of esters is 1. The molecule has 1 aromatic rings. The van der Waals surface area contributed by atoms with E-state index in [0.717, 1.165) is 5.56 Å². The molecular formula is C18H24N2O5. The molecule has 1 N–H and O–H groups in total. The first-order chi connectivity index (χ1) is 11.9. The zero-order valence-electron chi connectivity index (χ0n) is 15.0. The third kappa shape index (κ3) is 4.29. The fourth-order valence-corrected chi connectivity index (χ4v) is 2.75. The van der Waals surface area contributed by atoms with Crippen molar-refractivity contribution in [2.24, 2.45) is 5.92 Å². The van der Waals surface area contributed by atoms with E-state index in [1.54, 1.807) is 13.0 Å². The molecule has 1 saturated heterocycles. The number of methoxy groups -OCH3 is 1. The monoisotopic (exact) mass is 348 g/mol. The second kappa shape index (κ2) is 8.00. The summed E-state index contributed by atoms with van der Waals surface area (Å²) in [4.78, 5) is 37.9. The third-order valence-electron chi connectivity index (χ3n) is 4.10. The lowest BCUT2D eigenvalue weighted by Crippen LogP contribution is -2.37. The van der Waals surface area contributed by atoms with E-state index in [0.29, 0.717) is 18.0 Å². The van der Waals surface area contributed by atoms with E-state index in [1.807, 2.05) is 19.1 Å². The van der Waals surface area contributed by atoms with Gasteiger partial charge in [0.2, 0.25) is 5.91 Å². The summed E-state index contributed by atoms with van der Waals surface area (Å²) >= 11 is 0. The normalized spacial score (nSPS) is 18.0. The van der Waals surface area contributed by atoms with Gasteiger partial charge >= 0.3 is 5.97 Å². The minimum absolute atomic E-state index is 0.0536. The number of likely N-dealkylation sites (N-methyl/N-ethyl adjacent to an activating group) is 1. The molecule has 0 aliphatic carbocycles. The van der Waals surface area contributed by atoms with E-state index in [2.05, 4.69) is 5.32 Å². The second-order valence-corrected chi connectivity index (χ2v) is 6.05. The zero-order valence-corrected chi connectivity index (χ0v) is 15.0. The third-order valence-corrected chi connectivity index (χ3v) is 4.10. The van der Waals surface area contributed by atoms with Crippen molar-refractivity contribution < 1.29 is 23.9 Å². The Morgan fingerprint density at radius 2 is 2.12 bits per heavy atom. The van der Waals surface area contributed by atoms with Gasteiger partial charge in [0, 0.05) is 19.5 Å². The number of nitrogens with zero attached hydrogens (tertiary/aromatic N) is 1. The largest absolute Gasteiger partial charge is 0.495 e. The van der Waals surface area contributed by atoms with Crippen LogP contribution in [-0.2, 0) is 19.1 Å². The molecule has 1 heterocycles. The summed E-state index contributed by atoms with van der Waals surface area (Å²) in [5.74, 6) is -1.09. The first-order valence-electron chi connectivity index (χ1n) is 8.30. The number of ether oxygens (including phenoxy) is 2. The van der Waals surface area contributed by atoms with Crippen LogP contribution in [0, 0.1) is 12.8 Å². The van der Waals surface area contributed by atoms with Gasteiger partial charge in [-0.1, -0.05) is 6.07 Å². The standard InChI is InChI=1S/C18H24N2O5/c1-5-19-17(22)12(3)25-18(23)13-9-16(21)20(10-13)14-8-11(2)6-7-15(14)24-4/h6-8,12-13H,5,9-10H2,1-4H3,(H,19,22)/t12-,13+/m1/s1. The molecule has 1 aliphatic rings. The van der Waals surface area contributed by atoms with Gasteiger partial charge in [-0.15, -0.1) is 0 Å². The molecule has 0 spiro atoms. The lowest BCUT2D eigenvalue weighted by atomic mass is 10.1. The van der Waals surface area contributed by atoms with Crippen LogP contribution in [0.15, 0.2) is 18.2 Å². The second-order valence-electron chi connectivity index (χ2n) is 6.05. The minimum Gasteiger partial charge on any atom is -0.495 e. The average Bonchev–Trinajstić information content (AvgIpc) is 2.96. The molecule has 0 radical (unpaired) electrons. The summed E-state index contributed by atoms with van der Waals surface area (Å²) in [6.45, 7) is 5.89. The molecule has 2 rings (SSSR count). The summed E-state index contributed by atoms with van der Waals surface area (Å²) in [6, 6.07) is 5.53. The number of benzene rings is 1. The molecule has 0 bridgehead atoms. The van der Waals surface area contributed by atoms with Crippen molar-refractivity contribution in [3.05, 3.63) is 23.8 Å². The number of carbonyl (C=O) groups is 3. The van der Waals surface area contributed by atoms with E-state index < -0.39 is 18.0 Å². The first-order valence-corrected chi connectivity index (χ1v) is 8.30. The van der Waals surface area contributed by atoms with E-state index >= 15 is 0 Å². The maximum Gasteiger partial charge on any atom is 0.312 e. The van der Waals surface area contributed by atoms with Crippen molar-refractivity contribution in [2.45, 2.75) is 33.3 Å². The van der Waals surface area contributed by atoms with E-state index in [4.69, 9.17) is 9.47 Å². The van der Waals surface area contributed by atoms with Crippen LogP contribution in [0.1, 0.15) is 25.8 Å². The molecular weight excluding hydrogens is 324 g/mol. The van der Waals surface area contributed by atoms with Gasteiger partial charge in [-0.3, -0.25) is 14.4 Å². The molecule has 1 aliphatic heterocycles. The average molecular weight is 348 g/mol. The number of rotatable bonds is 6. The van der Waals surface area contributed by atoms with Crippen molar-refractivity contribution >= 4 is 23.5 Å². The van der Waals surface area contributed by atoms with E-state index in [-0.39, 0.29) is 24.8 Å². The van der Waals surface area contributed by atoms with Gasteiger partial charge in [-0.25, -0.2) is 0 Å². The molecule has 136 valence electrons. The minimum atomic E-state index is -0.884. The lowest BCUT2D eigenvalue weighted by molar-refractivity contribution is -0.158. The van der Waals surface area contributed by atoms with Crippen LogP contribution in [0.2, 0.25) is 0 Å². The predicted molar refractivity (Wildman–Crippen MR) is 92.4 cm³/mol. The fraction of sp³-hybridized carbons (Fsp3) is 0.500. The molecule has 25 heavy (non-hydrogen) atoms. The Labute approximate surface area is 147 Å². The summed E-state index contributed by atoms with van der Waals surface area (Å²) in [6.07, 6.45) is -0.831. The summed E-state index contributed by atoms with van der Waals surface area (Å²) < 4.78 is 10.5. The number of hydrogen-bond acceptors (Lipinski definition) is 5. The van der Waals surface area contributed by atoms with Gasteiger partial charge in [0.15, 0.2) is 6.10 Å². The molecule has 7 heteroatoms. The van der Waals surface area contributed by atoms with Crippen LogP contribution in [0.3, 0.4) is 0 Å². The quantitative estimate of drug-likeness (QED) is 0.786. The van der Waals surface area contributed by atoms with Crippen molar-refractivity contribution in [2.75, 3.05) is 25.1 Å². The van der Waals surface area contributed by atoms with Crippen molar-refractivity contribution in [3.63, 3.8) is 0 Å². The zero-order chi connectivity index (χ0) is 18.6. The van der Waals surface area contributed by atoms with Crippen LogP contribution in [0.25, 0.3) is 0 Å². The lowest BCUT2D eigenvalue weighted by Gasteiger charge is -2.20. The Balaban J connectivity index is 2.08. The van der Waals surface area contributed by atoms with Gasteiger partial charge < -0.3 is 19.7 Å². The van der Waals surface area contributed by atoms with Crippen molar-refractivity contribution in [3.8, 4) is 5.75 Å². The van der Waals surface area contributed by atoms with E-state index in [9.17, 15) is 14.4 Å². The number of carbonyl (C=O) groups excluding carboxylic acids is 3. The molecule has 0 saturated carbocycles. The molecule has 1 aromatic carbocycles. The Bertz CT molecular complexity index is 673. The summed E-state index contributed by atoms with van der Waals surface area (Å²) in [7, 11) is 1.54. The van der Waals surface area contributed by atoms with Crippen LogP contribution >= 0.6 is 0 Å². The van der Waals surface area contributed by atoms with Gasteiger partial charge in [0.1, 0.15) is 5.75 Å². The first kappa shape index (κ1) is 18.8. The van der Waals surface area contributed by atoms with Crippen LogP contribution in [-0.4, -0.2) is 44.1 Å². The Kier molecular flexibility index (Phi) is 6.01. The van der Waals surface area contributed by atoms with Crippen molar-refractivity contribution in [1.29, 1.82) is 0 Å². The van der Waals surface area contributed by atoms with Crippen LogP contribution < -0.4 is 15.0 Å². The predicted octanol–water partition coefficient (Wildman–Crippen LogP) is 1.42. The number of amides is 2. The fourth-order valence-electron chi connectivity index (χ4n) is 2.75. The SMILES string of the molecule is CCNC(=O)[C@@H](C)OC(=O)[C@H]1CC(=O)N(c2cc(C)ccc2OC)C1. The molecule has 7 nitrogen and oxygen atoms in total. The van der Waals surface area contributed by atoms with Crippen molar-refractivity contribution in [1.82, 2.24) is 5.32 Å². The molecule has 2 atom stereocenters. The van der Waals surface area contributed by atoms with Gasteiger partial charge in [0.25, 0.3) is 5.91 Å². The topological polar surface area (TPSA) is 84.9 Å². The Morgan fingerprint density at radius 3 is 2.76 bits per heavy atom. The van der Waals surface area contributed by atoms with Crippen LogP contribution in [0.4, 0.5) is 5.69 Å². The maximum atomic E-state index is 12.4. The maximum absolute atomic E-state index is 12.4. The number of hydrogen-bond donors (Lipinski definition) is 1. The number of aryl methyl sites for hydroxylation is 1. The van der Waals surface area contributed by atoms with Gasteiger partial charge in [-0.05, 0) is 38.5 Å². The Morgan fingerprint density at radius 1 is 1.40 bits per heavy atom. The highest BCUT2D eigenvalue weighted by molar-refractivity contribution is 6.00. The Hall–Kier alpha value is -2.57. The highest BCUT2D eigenvalue weighted by Gasteiger charge is 2.38. The highest BCUT2D eigenvalue weighted by Crippen LogP contribution is 2.34. The number of nitrogens with one attached hydrogen (secondary N) is 1. The summed E-state index contributed by atoms with van der Waals surface area (Å²) in [5, 5.41) is 2.60. The van der Waals surface area contributed by atoms with Gasteiger partial charge in [0.05, 0.1) is 18.7 Å². The smallest absolute Gasteiger partial charge is 0.312 e. The van der Waals surface area contributed by atoms with Crippen LogP contribution in [0.5, 0.6) is 5.75 Å². The molecule has 0 unspecified atom stereocenters.